The van der Waals surface area contributed by atoms with Gasteiger partial charge in [0.05, 0.1) is 13.2 Å². The maximum absolute atomic E-state index is 12.7. The van der Waals surface area contributed by atoms with Crippen LogP contribution in [0, 0.1) is 0 Å². The summed E-state index contributed by atoms with van der Waals surface area (Å²) in [5.74, 6) is -0.823. The second-order valence-electron chi connectivity index (χ2n) is 22.3. The monoisotopic (exact) mass is 1100 g/mol. The summed E-state index contributed by atoms with van der Waals surface area (Å²) in [5, 5.41) is 0. The average molecular weight is 1100 g/mol. The lowest BCUT2D eigenvalue weighted by Gasteiger charge is -2.19. The summed E-state index contributed by atoms with van der Waals surface area (Å²) in [6, 6.07) is 0. The molecule has 0 amide bonds. The molecule has 0 aliphatic rings. The lowest BCUT2D eigenvalue weighted by atomic mass is 10.0. The fraction of sp³-hybridized carbons (Fsp3) is 0.851. The van der Waals surface area contributed by atoms with Crippen LogP contribution in [0.3, 0.4) is 0 Å². The van der Waals surface area contributed by atoms with E-state index in [1.807, 2.05) is 0 Å². The van der Waals surface area contributed by atoms with E-state index in [0.29, 0.717) is 6.42 Å². The van der Waals surface area contributed by atoms with Gasteiger partial charge >= 0.3 is 19.8 Å². The molecule has 0 saturated carbocycles. The molecule has 9 nitrogen and oxygen atoms in total. The Labute approximate surface area is 477 Å². The van der Waals surface area contributed by atoms with Gasteiger partial charge in [0.1, 0.15) is 6.61 Å². The van der Waals surface area contributed by atoms with Crippen molar-refractivity contribution in [1.82, 2.24) is 0 Å². The van der Waals surface area contributed by atoms with Crippen molar-refractivity contribution < 1.29 is 37.6 Å². The Kier molecular flexibility index (Phi) is 61.5. The maximum Gasteiger partial charge on any atom is 0.472 e. The molecule has 0 aromatic rings. The second-order valence-corrected chi connectivity index (χ2v) is 23.8. The van der Waals surface area contributed by atoms with Crippen LogP contribution in [-0.4, -0.2) is 49.3 Å². The SMILES string of the molecule is CCCCCCC/C=C\C/C=C\C/C=C\CCCCCCCCCCCCCCCCCCCCCCCCCCCCC(=O)OC(COC(=O)CCCCCCC/C=C\CCCCCCCC)COP(=O)(O)OCCN. The van der Waals surface area contributed by atoms with Gasteiger partial charge in [0, 0.05) is 19.4 Å². The van der Waals surface area contributed by atoms with Gasteiger partial charge in [0.15, 0.2) is 6.10 Å². The Morgan fingerprint density at radius 2 is 0.675 bits per heavy atom. The average Bonchev–Trinajstić information content (AvgIpc) is 3.42. The van der Waals surface area contributed by atoms with E-state index in [2.05, 4.69) is 62.5 Å². The van der Waals surface area contributed by atoms with Gasteiger partial charge in [-0.2, -0.15) is 0 Å². The molecular weight excluding hydrogens is 978 g/mol. The van der Waals surface area contributed by atoms with Gasteiger partial charge in [-0.1, -0.05) is 294 Å². The number of ether oxygens (including phenoxy) is 2. The van der Waals surface area contributed by atoms with E-state index in [0.717, 1.165) is 64.2 Å². The van der Waals surface area contributed by atoms with Crippen molar-refractivity contribution in [2.75, 3.05) is 26.4 Å². The molecule has 0 fully saturated rings. The molecule has 0 aliphatic carbocycles. The highest BCUT2D eigenvalue weighted by atomic mass is 31.2. The van der Waals surface area contributed by atoms with E-state index in [1.54, 1.807) is 0 Å². The van der Waals surface area contributed by atoms with Gasteiger partial charge in [-0.3, -0.25) is 18.6 Å². The van der Waals surface area contributed by atoms with Crippen LogP contribution in [0.15, 0.2) is 48.6 Å². The molecule has 0 spiro atoms. The van der Waals surface area contributed by atoms with Crippen molar-refractivity contribution in [3.05, 3.63) is 48.6 Å². The zero-order chi connectivity index (χ0) is 55.9. The smallest absolute Gasteiger partial charge is 0.462 e. The Morgan fingerprint density at radius 1 is 0.390 bits per heavy atom. The van der Waals surface area contributed by atoms with Gasteiger partial charge < -0.3 is 20.1 Å². The number of unbranched alkanes of at least 4 members (excludes halogenated alkanes) is 42. The molecule has 0 rings (SSSR count). The zero-order valence-corrected chi connectivity index (χ0v) is 51.6. The van der Waals surface area contributed by atoms with E-state index in [4.69, 9.17) is 24.3 Å². The largest absolute Gasteiger partial charge is 0.472 e. The highest BCUT2D eigenvalue weighted by Crippen LogP contribution is 2.43. The van der Waals surface area contributed by atoms with Crippen molar-refractivity contribution in [2.45, 2.75) is 341 Å². The summed E-state index contributed by atoms with van der Waals surface area (Å²) in [5.41, 5.74) is 5.38. The van der Waals surface area contributed by atoms with Gasteiger partial charge in [0.2, 0.25) is 0 Å². The van der Waals surface area contributed by atoms with Crippen molar-refractivity contribution >= 4 is 19.8 Å². The number of phosphoric acid groups is 1. The fourth-order valence-electron chi connectivity index (χ4n) is 9.76. The summed E-state index contributed by atoms with van der Waals surface area (Å²) in [6.07, 6.45) is 79.3. The summed E-state index contributed by atoms with van der Waals surface area (Å²) < 4.78 is 33.0. The lowest BCUT2D eigenvalue weighted by Crippen LogP contribution is -2.29. The maximum atomic E-state index is 12.7. The van der Waals surface area contributed by atoms with Crippen LogP contribution in [0.4, 0.5) is 0 Å². The van der Waals surface area contributed by atoms with Crippen molar-refractivity contribution in [3.8, 4) is 0 Å². The van der Waals surface area contributed by atoms with Gasteiger partial charge in [0.25, 0.3) is 0 Å². The minimum atomic E-state index is -4.39. The van der Waals surface area contributed by atoms with Crippen LogP contribution in [0.2, 0.25) is 0 Å². The minimum Gasteiger partial charge on any atom is -0.462 e. The highest BCUT2D eigenvalue weighted by molar-refractivity contribution is 7.47. The standard InChI is InChI=1S/C67H126NO8P/c1-3-5-7-9-11-13-15-17-19-20-21-22-23-24-25-26-27-28-29-30-31-32-33-34-35-36-37-38-39-40-41-42-43-44-46-48-50-52-54-56-58-60-67(70)76-65(64-75-77(71,72)74-62-61-68)63-73-66(69)59-57-55-53-51-49-47-45-18-16-14-12-10-8-6-4-2/h15,17-18,20-21,23-24,45,65H,3-14,16,19,22,25-44,46-64,68H2,1-2H3,(H,71,72)/b17-15-,21-20-,24-23-,45-18-. The molecule has 0 aliphatic heterocycles. The first-order valence-electron chi connectivity index (χ1n) is 33.1. The van der Waals surface area contributed by atoms with E-state index in [1.165, 1.54) is 238 Å². The Bertz CT molecular complexity index is 1400. The minimum absolute atomic E-state index is 0.0539. The van der Waals surface area contributed by atoms with E-state index in [9.17, 15) is 19.0 Å². The first-order chi connectivity index (χ1) is 37.8. The molecule has 10 heteroatoms. The molecule has 0 heterocycles. The van der Waals surface area contributed by atoms with E-state index >= 15 is 0 Å². The molecule has 0 aromatic heterocycles. The Balaban J connectivity index is 3.73. The number of hydrogen-bond donors (Lipinski definition) is 2. The number of nitrogens with two attached hydrogens (primary N) is 1. The predicted molar refractivity (Wildman–Crippen MR) is 330 cm³/mol. The quantitative estimate of drug-likeness (QED) is 0.0264. The number of allylic oxidation sites excluding steroid dienone is 8. The lowest BCUT2D eigenvalue weighted by molar-refractivity contribution is -0.161. The number of rotatable bonds is 63. The molecule has 2 unspecified atom stereocenters. The molecule has 0 saturated heterocycles. The van der Waals surface area contributed by atoms with Gasteiger partial charge in [-0.25, -0.2) is 4.57 Å². The number of hydrogen-bond acceptors (Lipinski definition) is 8. The molecule has 0 aromatic carbocycles. The van der Waals surface area contributed by atoms with Crippen molar-refractivity contribution in [3.63, 3.8) is 0 Å². The number of esters is 2. The number of carbonyl (C=O) groups is 2. The summed E-state index contributed by atoms with van der Waals surface area (Å²) >= 11 is 0. The van der Waals surface area contributed by atoms with Gasteiger partial charge in [-0.05, 0) is 77.0 Å². The molecule has 3 N–H and O–H groups in total. The zero-order valence-electron chi connectivity index (χ0n) is 50.7. The van der Waals surface area contributed by atoms with E-state index in [-0.39, 0.29) is 38.6 Å². The van der Waals surface area contributed by atoms with Crippen molar-refractivity contribution in [1.29, 1.82) is 0 Å². The normalized spacial score (nSPS) is 13.2. The van der Waals surface area contributed by atoms with Crippen LogP contribution < -0.4 is 5.73 Å². The summed E-state index contributed by atoms with van der Waals surface area (Å²) in [7, 11) is -4.39. The van der Waals surface area contributed by atoms with Crippen LogP contribution in [0.5, 0.6) is 0 Å². The van der Waals surface area contributed by atoms with Crippen LogP contribution in [0.25, 0.3) is 0 Å². The highest BCUT2D eigenvalue weighted by Gasteiger charge is 2.26. The Morgan fingerprint density at radius 3 is 1.01 bits per heavy atom. The topological polar surface area (TPSA) is 134 Å². The molecule has 77 heavy (non-hydrogen) atoms. The third-order valence-electron chi connectivity index (χ3n) is 14.7. The summed E-state index contributed by atoms with van der Waals surface area (Å²) in [4.78, 5) is 35.2. The van der Waals surface area contributed by atoms with E-state index < -0.39 is 26.5 Å². The molecular formula is C67H126NO8P. The third kappa shape index (κ3) is 63.0. The van der Waals surface area contributed by atoms with Crippen LogP contribution >= 0.6 is 7.82 Å². The van der Waals surface area contributed by atoms with Crippen LogP contribution in [-0.2, 0) is 32.7 Å². The third-order valence-corrected chi connectivity index (χ3v) is 15.7. The fourth-order valence-corrected chi connectivity index (χ4v) is 10.5. The number of carbonyl (C=O) groups excluding carboxylic acids is 2. The van der Waals surface area contributed by atoms with Crippen molar-refractivity contribution in [2.24, 2.45) is 5.73 Å². The predicted octanol–water partition coefficient (Wildman–Crippen LogP) is 21.3. The summed E-state index contributed by atoms with van der Waals surface area (Å²) in [6.45, 7) is 3.76. The molecule has 0 bridgehead atoms. The Hall–Kier alpha value is -2.03. The second kappa shape index (κ2) is 63.2. The molecule has 0 radical (unpaired) electrons. The van der Waals surface area contributed by atoms with Gasteiger partial charge in [-0.15, -0.1) is 0 Å². The first-order valence-corrected chi connectivity index (χ1v) is 34.6. The van der Waals surface area contributed by atoms with Crippen LogP contribution in [0.1, 0.15) is 335 Å². The first kappa shape index (κ1) is 75.0. The number of phosphoric ester groups is 1. The molecule has 452 valence electrons. The molecule has 2 atom stereocenters.